The van der Waals surface area contributed by atoms with Crippen molar-refractivity contribution in [3.05, 3.63) is 24.0 Å². The number of hydrogen-bond donors (Lipinski definition) is 2. The number of ether oxygens (including phenoxy) is 1. The number of aromatic hydroxyl groups is 1. The predicted molar refractivity (Wildman–Crippen MR) is 68.3 cm³/mol. The molecule has 0 bridgehead atoms. The molecule has 0 radical (unpaired) electrons. The molecule has 1 unspecified atom stereocenters. The number of anilines is 1. The molecule has 1 aliphatic carbocycles. The van der Waals surface area contributed by atoms with Gasteiger partial charge >= 0.3 is 0 Å². The minimum atomic E-state index is -0.131. The summed E-state index contributed by atoms with van der Waals surface area (Å²) in [6.45, 7) is 0. The fourth-order valence-electron chi connectivity index (χ4n) is 2.10. The van der Waals surface area contributed by atoms with Crippen molar-refractivity contribution in [2.45, 2.75) is 18.9 Å². The number of phenols is 1. The van der Waals surface area contributed by atoms with Gasteiger partial charge in [0.05, 0.1) is 5.56 Å². The fourth-order valence-corrected chi connectivity index (χ4v) is 2.10. The number of rotatable bonds is 4. The van der Waals surface area contributed by atoms with Gasteiger partial charge in [-0.1, -0.05) is 5.16 Å². The molecule has 1 aliphatic rings. The summed E-state index contributed by atoms with van der Waals surface area (Å²) >= 11 is 0. The standard InChI is InChI=1S/C13H15N3O3/c1-18-11(7-2-3-7)12-15-13(19-16-12)9-5-4-8(14)6-10(9)17/h4-7,11,17H,2-3,14H2,1H3. The maximum Gasteiger partial charge on any atom is 0.261 e. The average Bonchev–Trinajstić information content (AvgIpc) is 3.09. The van der Waals surface area contributed by atoms with E-state index in [2.05, 4.69) is 10.1 Å². The topological polar surface area (TPSA) is 94.4 Å². The molecule has 0 saturated heterocycles. The van der Waals surface area contributed by atoms with E-state index < -0.39 is 0 Å². The van der Waals surface area contributed by atoms with Crippen LogP contribution >= 0.6 is 0 Å². The second-order valence-electron chi connectivity index (χ2n) is 4.73. The Morgan fingerprint density at radius 2 is 2.26 bits per heavy atom. The molecule has 0 aliphatic heterocycles. The highest BCUT2D eigenvalue weighted by molar-refractivity contribution is 5.66. The third-order valence-electron chi connectivity index (χ3n) is 3.25. The highest BCUT2D eigenvalue weighted by atomic mass is 16.5. The number of nitrogens with zero attached hydrogens (tertiary/aromatic N) is 2. The molecule has 3 N–H and O–H groups in total. The first kappa shape index (κ1) is 12.0. The van der Waals surface area contributed by atoms with Gasteiger partial charge in [-0.3, -0.25) is 0 Å². The fraction of sp³-hybridized carbons (Fsp3) is 0.385. The minimum Gasteiger partial charge on any atom is -0.507 e. The van der Waals surface area contributed by atoms with Crippen LogP contribution < -0.4 is 5.73 Å². The van der Waals surface area contributed by atoms with Gasteiger partial charge < -0.3 is 20.1 Å². The molecule has 0 spiro atoms. The van der Waals surface area contributed by atoms with Crippen molar-refractivity contribution >= 4 is 5.69 Å². The van der Waals surface area contributed by atoms with E-state index in [4.69, 9.17) is 15.0 Å². The molecule has 1 aromatic heterocycles. The van der Waals surface area contributed by atoms with Gasteiger partial charge in [-0.05, 0) is 30.9 Å². The van der Waals surface area contributed by atoms with Gasteiger partial charge in [0, 0.05) is 18.9 Å². The molecule has 1 heterocycles. The van der Waals surface area contributed by atoms with Gasteiger partial charge in [0.15, 0.2) is 0 Å². The highest BCUT2D eigenvalue weighted by Crippen LogP contribution is 2.42. The van der Waals surface area contributed by atoms with Crippen LogP contribution in [0.1, 0.15) is 24.8 Å². The number of methoxy groups -OCH3 is 1. The van der Waals surface area contributed by atoms with Crippen LogP contribution in [0.2, 0.25) is 0 Å². The summed E-state index contributed by atoms with van der Waals surface area (Å²) < 4.78 is 10.6. The Morgan fingerprint density at radius 3 is 2.89 bits per heavy atom. The number of nitrogens with two attached hydrogens (primary N) is 1. The molecule has 0 amide bonds. The molecule has 1 saturated carbocycles. The summed E-state index contributed by atoms with van der Waals surface area (Å²) in [5.74, 6) is 1.29. The average molecular weight is 261 g/mol. The SMILES string of the molecule is COC(c1noc(-c2ccc(N)cc2O)n1)C1CC1. The van der Waals surface area contributed by atoms with Crippen LogP contribution in [0.5, 0.6) is 5.75 Å². The van der Waals surface area contributed by atoms with Gasteiger partial charge in [-0.25, -0.2) is 0 Å². The number of hydrogen-bond acceptors (Lipinski definition) is 6. The first-order valence-electron chi connectivity index (χ1n) is 6.14. The molecule has 100 valence electrons. The lowest BCUT2D eigenvalue weighted by Crippen LogP contribution is -2.05. The van der Waals surface area contributed by atoms with E-state index in [-0.39, 0.29) is 17.7 Å². The van der Waals surface area contributed by atoms with Crippen molar-refractivity contribution in [3.8, 4) is 17.2 Å². The maximum atomic E-state index is 9.83. The number of phenolic OH excluding ortho intramolecular Hbond substituents is 1. The summed E-state index contributed by atoms with van der Waals surface area (Å²) in [6.07, 6.45) is 2.11. The van der Waals surface area contributed by atoms with Crippen LogP contribution in [0.3, 0.4) is 0 Å². The zero-order valence-electron chi connectivity index (χ0n) is 10.5. The second-order valence-corrected chi connectivity index (χ2v) is 4.73. The van der Waals surface area contributed by atoms with Crippen LogP contribution in [-0.4, -0.2) is 22.4 Å². The monoisotopic (exact) mass is 261 g/mol. The molecular formula is C13H15N3O3. The Labute approximate surface area is 110 Å². The van der Waals surface area contributed by atoms with Crippen molar-refractivity contribution in [2.24, 2.45) is 5.92 Å². The Morgan fingerprint density at radius 1 is 1.47 bits per heavy atom. The van der Waals surface area contributed by atoms with Crippen LogP contribution in [-0.2, 0) is 4.74 Å². The Balaban J connectivity index is 1.91. The third-order valence-corrected chi connectivity index (χ3v) is 3.25. The van der Waals surface area contributed by atoms with Gasteiger partial charge in [0.25, 0.3) is 5.89 Å². The van der Waals surface area contributed by atoms with Crippen LogP contribution in [0.15, 0.2) is 22.7 Å². The molecule has 6 nitrogen and oxygen atoms in total. The molecule has 6 heteroatoms. The van der Waals surface area contributed by atoms with Crippen molar-refractivity contribution in [1.82, 2.24) is 10.1 Å². The highest BCUT2D eigenvalue weighted by Gasteiger charge is 2.35. The molecular weight excluding hydrogens is 246 g/mol. The summed E-state index contributed by atoms with van der Waals surface area (Å²) in [5.41, 5.74) is 6.53. The van der Waals surface area contributed by atoms with Crippen LogP contribution in [0.4, 0.5) is 5.69 Å². The van der Waals surface area contributed by atoms with E-state index >= 15 is 0 Å². The second kappa shape index (κ2) is 4.55. The van der Waals surface area contributed by atoms with Crippen LogP contribution in [0, 0.1) is 5.92 Å². The summed E-state index contributed by atoms with van der Waals surface area (Å²) in [5, 5.41) is 13.8. The zero-order chi connectivity index (χ0) is 13.4. The first-order valence-corrected chi connectivity index (χ1v) is 6.14. The van der Waals surface area contributed by atoms with Gasteiger partial charge in [-0.15, -0.1) is 0 Å². The van der Waals surface area contributed by atoms with Gasteiger partial charge in [-0.2, -0.15) is 4.98 Å². The smallest absolute Gasteiger partial charge is 0.261 e. The predicted octanol–water partition coefficient (Wildman–Crippen LogP) is 2.12. The Kier molecular flexibility index (Phi) is 2.87. The normalized spacial score (nSPS) is 16.5. The Hall–Kier alpha value is -2.08. The van der Waals surface area contributed by atoms with E-state index in [1.165, 1.54) is 6.07 Å². The number of benzene rings is 1. The van der Waals surface area contributed by atoms with Crippen molar-refractivity contribution in [1.29, 1.82) is 0 Å². The van der Waals surface area contributed by atoms with E-state index in [9.17, 15) is 5.11 Å². The lowest BCUT2D eigenvalue weighted by molar-refractivity contribution is 0.0751. The van der Waals surface area contributed by atoms with Gasteiger partial charge in [0.2, 0.25) is 5.82 Å². The zero-order valence-corrected chi connectivity index (χ0v) is 10.5. The summed E-state index contributed by atoms with van der Waals surface area (Å²) in [7, 11) is 1.64. The van der Waals surface area contributed by atoms with E-state index in [0.29, 0.717) is 23.0 Å². The lowest BCUT2D eigenvalue weighted by atomic mass is 10.2. The lowest BCUT2D eigenvalue weighted by Gasteiger charge is -2.08. The minimum absolute atomic E-state index is 0.0237. The molecule has 2 aromatic rings. The summed E-state index contributed by atoms with van der Waals surface area (Å²) in [6, 6.07) is 4.78. The van der Waals surface area contributed by atoms with Crippen molar-refractivity contribution < 1.29 is 14.4 Å². The summed E-state index contributed by atoms with van der Waals surface area (Å²) in [4.78, 5) is 4.30. The third kappa shape index (κ3) is 2.26. The van der Waals surface area contributed by atoms with Gasteiger partial charge in [0.1, 0.15) is 11.9 Å². The van der Waals surface area contributed by atoms with E-state index in [0.717, 1.165) is 12.8 Å². The molecule has 3 rings (SSSR count). The molecule has 19 heavy (non-hydrogen) atoms. The largest absolute Gasteiger partial charge is 0.507 e. The molecule has 1 aromatic carbocycles. The maximum absolute atomic E-state index is 9.83. The molecule has 1 fully saturated rings. The van der Waals surface area contributed by atoms with E-state index in [1.807, 2.05) is 0 Å². The van der Waals surface area contributed by atoms with E-state index in [1.54, 1.807) is 19.2 Å². The number of nitrogen functional groups attached to an aromatic ring is 1. The quantitative estimate of drug-likeness (QED) is 0.819. The molecule has 1 atom stereocenters. The van der Waals surface area contributed by atoms with Crippen molar-refractivity contribution in [3.63, 3.8) is 0 Å². The number of aromatic nitrogens is 2. The first-order chi connectivity index (χ1) is 9.19. The van der Waals surface area contributed by atoms with Crippen molar-refractivity contribution in [2.75, 3.05) is 12.8 Å². The van der Waals surface area contributed by atoms with Crippen LogP contribution in [0.25, 0.3) is 11.5 Å². The Bertz CT molecular complexity index is 593.